The normalized spacial score (nSPS) is 15.7. The van der Waals surface area contributed by atoms with E-state index >= 15 is 0 Å². The molecule has 1 heterocycles. The van der Waals surface area contributed by atoms with E-state index in [-0.39, 0.29) is 29.3 Å². The molecule has 1 N–H and O–H groups in total. The standard InChI is InChI=1S/C11H13BrF2N2.2ClH/c12-9-5-8(6-10(13)11(9)14)7-16-3-1-15-2-4-16;;/h5-6,15H,1-4,7H2;2*1H. The highest BCUT2D eigenvalue weighted by molar-refractivity contribution is 9.10. The molecule has 1 aliphatic rings. The zero-order valence-corrected chi connectivity index (χ0v) is 12.8. The fourth-order valence-electron chi connectivity index (χ4n) is 1.83. The molecule has 2 rings (SSSR count). The summed E-state index contributed by atoms with van der Waals surface area (Å²) in [6.45, 7) is 4.44. The Bertz CT molecular complexity index is 364. The van der Waals surface area contributed by atoms with E-state index in [1.54, 1.807) is 6.07 Å². The SMILES string of the molecule is Cl.Cl.Fc1cc(CN2CCNCC2)cc(Br)c1F. The predicted molar refractivity (Wildman–Crippen MR) is 76.7 cm³/mol. The smallest absolute Gasteiger partial charge is 0.172 e. The van der Waals surface area contributed by atoms with Gasteiger partial charge in [0.25, 0.3) is 0 Å². The first kappa shape index (κ1) is 18.1. The monoisotopic (exact) mass is 362 g/mol. The van der Waals surface area contributed by atoms with Gasteiger partial charge < -0.3 is 5.32 Å². The highest BCUT2D eigenvalue weighted by atomic mass is 79.9. The van der Waals surface area contributed by atoms with Crippen molar-refractivity contribution in [3.05, 3.63) is 33.8 Å². The molecule has 7 heteroatoms. The molecule has 0 amide bonds. The number of rotatable bonds is 2. The van der Waals surface area contributed by atoms with Crippen LogP contribution in [0, 0.1) is 11.6 Å². The molecule has 1 aromatic rings. The molecule has 0 unspecified atom stereocenters. The average Bonchev–Trinajstić information content (AvgIpc) is 2.27. The van der Waals surface area contributed by atoms with Crippen molar-refractivity contribution in [1.82, 2.24) is 10.2 Å². The van der Waals surface area contributed by atoms with Crippen LogP contribution in [0.2, 0.25) is 0 Å². The number of nitrogens with zero attached hydrogens (tertiary/aromatic N) is 1. The van der Waals surface area contributed by atoms with Crippen LogP contribution in [0.15, 0.2) is 16.6 Å². The number of nitrogens with one attached hydrogen (secondary N) is 1. The maximum Gasteiger partial charge on any atom is 0.172 e. The Morgan fingerprint density at radius 1 is 1.17 bits per heavy atom. The van der Waals surface area contributed by atoms with Crippen LogP contribution in [0.1, 0.15) is 5.56 Å². The molecular weight excluding hydrogens is 349 g/mol. The third-order valence-corrected chi connectivity index (χ3v) is 3.24. The lowest BCUT2D eigenvalue weighted by molar-refractivity contribution is 0.233. The van der Waals surface area contributed by atoms with Gasteiger partial charge in [-0.05, 0) is 33.6 Å². The predicted octanol–water partition coefficient (Wildman–Crippen LogP) is 2.98. The summed E-state index contributed by atoms with van der Waals surface area (Å²) in [5.74, 6) is -1.61. The number of benzene rings is 1. The quantitative estimate of drug-likeness (QED) is 0.812. The zero-order chi connectivity index (χ0) is 11.5. The van der Waals surface area contributed by atoms with Crippen LogP contribution < -0.4 is 5.32 Å². The van der Waals surface area contributed by atoms with Gasteiger partial charge in [-0.3, -0.25) is 4.90 Å². The fraction of sp³-hybridized carbons (Fsp3) is 0.455. The van der Waals surface area contributed by atoms with Crippen LogP contribution in [0.3, 0.4) is 0 Å². The zero-order valence-electron chi connectivity index (χ0n) is 9.59. The van der Waals surface area contributed by atoms with Gasteiger partial charge in [0.05, 0.1) is 4.47 Å². The second-order valence-corrected chi connectivity index (χ2v) is 4.75. The summed E-state index contributed by atoms with van der Waals surface area (Å²) in [5.41, 5.74) is 0.799. The van der Waals surface area contributed by atoms with E-state index in [9.17, 15) is 8.78 Å². The number of hydrogen-bond acceptors (Lipinski definition) is 2. The van der Waals surface area contributed by atoms with Crippen LogP contribution in [0.4, 0.5) is 8.78 Å². The van der Waals surface area contributed by atoms with Crippen molar-refractivity contribution in [3.8, 4) is 0 Å². The van der Waals surface area contributed by atoms with Crippen LogP contribution in [-0.2, 0) is 6.54 Å². The molecule has 0 radical (unpaired) electrons. The van der Waals surface area contributed by atoms with E-state index in [0.29, 0.717) is 6.54 Å². The third kappa shape index (κ3) is 4.63. The topological polar surface area (TPSA) is 15.3 Å². The summed E-state index contributed by atoms with van der Waals surface area (Å²) in [5, 5.41) is 3.25. The third-order valence-electron chi connectivity index (χ3n) is 2.66. The van der Waals surface area contributed by atoms with E-state index in [2.05, 4.69) is 26.1 Å². The molecule has 1 aliphatic heterocycles. The van der Waals surface area contributed by atoms with Gasteiger partial charge in [0.2, 0.25) is 0 Å². The van der Waals surface area contributed by atoms with Gasteiger partial charge in [-0.25, -0.2) is 8.78 Å². The van der Waals surface area contributed by atoms with Crippen molar-refractivity contribution >= 4 is 40.7 Å². The molecule has 2 nitrogen and oxygen atoms in total. The minimum atomic E-state index is -0.816. The molecule has 1 fully saturated rings. The molecule has 18 heavy (non-hydrogen) atoms. The molecule has 0 bridgehead atoms. The first-order valence-electron chi connectivity index (χ1n) is 5.23. The molecule has 0 aliphatic carbocycles. The second kappa shape index (κ2) is 8.27. The van der Waals surface area contributed by atoms with Crippen molar-refractivity contribution in [2.45, 2.75) is 6.54 Å². The molecule has 0 atom stereocenters. The van der Waals surface area contributed by atoms with E-state index in [1.807, 2.05) is 0 Å². The van der Waals surface area contributed by atoms with Crippen molar-refractivity contribution in [1.29, 1.82) is 0 Å². The summed E-state index contributed by atoms with van der Waals surface area (Å²) in [6, 6.07) is 2.91. The Hall–Kier alpha value is 0.0600. The maximum atomic E-state index is 13.2. The summed E-state index contributed by atoms with van der Waals surface area (Å²) >= 11 is 3.02. The lowest BCUT2D eigenvalue weighted by Gasteiger charge is -2.27. The molecule has 0 spiro atoms. The number of halogens is 5. The van der Waals surface area contributed by atoms with Gasteiger partial charge in [0.1, 0.15) is 0 Å². The van der Waals surface area contributed by atoms with E-state index in [4.69, 9.17) is 0 Å². The largest absolute Gasteiger partial charge is 0.314 e. The maximum absolute atomic E-state index is 13.2. The molecule has 104 valence electrons. The number of piperazine rings is 1. The van der Waals surface area contributed by atoms with Crippen molar-refractivity contribution < 1.29 is 8.78 Å². The van der Waals surface area contributed by atoms with Gasteiger partial charge in [-0.15, -0.1) is 24.8 Å². The van der Waals surface area contributed by atoms with Gasteiger partial charge in [-0.1, -0.05) is 0 Å². The molecule has 0 saturated carbocycles. The average molecular weight is 364 g/mol. The Balaban J connectivity index is 0.00000144. The van der Waals surface area contributed by atoms with E-state index in [1.165, 1.54) is 6.07 Å². The molecule has 0 aromatic heterocycles. The minimum absolute atomic E-state index is 0. The van der Waals surface area contributed by atoms with Crippen LogP contribution in [0.25, 0.3) is 0 Å². The van der Waals surface area contributed by atoms with Crippen molar-refractivity contribution in [2.24, 2.45) is 0 Å². The fourth-order valence-corrected chi connectivity index (χ4v) is 2.31. The van der Waals surface area contributed by atoms with Crippen LogP contribution >= 0.6 is 40.7 Å². The Morgan fingerprint density at radius 2 is 1.78 bits per heavy atom. The van der Waals surface area contributed by atoms with Gasteiger partial charge >= 0.3 is 0 Å². The van der Waals surface area contributed by atoms with Crippen molar-refractivity contribution in [2.75, 3.05) is 26.2 Å². The van der Waals surface area contributed by atoms with Crippen molar-refractivity contribution in [3.63, 3.8) is 0 Å². The first-order chi connectivity index (χ1) is 7.66. The summed E-state index contributed by atoms with van der Waals surface area (Å²) in [7, 11) is 0. The Morgan fingerprint density at radius 3 is 2.33 bits per heavy atom. The first-order valence-corrected chi connectivity index (χ1v) is 6.02. The highest BCUT2D eigenvalue weighted by Crippen LogP contribution is 2.21. The van der Waals surface area contributed by atoms with Gasteiger partial charge in [0, 0.05) is 32.7 Å². The Kier molecular flexibility index (Phi) is 8.30. The minimum Gasteiger partial charge on any atom is -0.314 e. The van der Waals surface area contributed by atoms with Crippen LogP contribution in [-0.4, -0.2) is 31.1 Å². The molecular formula is C11H15BrCl2F2N2. The number of hydrogen-bond donors (Lipinski definition) is 1. The summed E-state index contributed by atoms with van der Waals surface area (Å²) in [6.07, 6.45) is 0. The lowest BCUT2D eigenvalue weighted by atomic mass is 10.2. The lowest BCUT2D eigenvalue weighted by Crippen LogP contribution is -2.42. The summed E-state index contributed by atoms with van der Waals surface area (Å²) in [4.78, 5) is 2.22. The van der Waals surface area contributed by atoms with E-state index < -0.39 is 11.6 Å². The van der Waals surface area contributed by atoms with Crippen LogP contribution in [0.5, 0.6) is 0 Å². The van der Waals surface area contributed by atoms with Gasteiger partial charge in [-0.2, -0.15) is 0 Å². The molecule has 1 saturated heterocycles. The highest BCUT2D eigenvalue weighted by Gasteiger charge is 2.13. The Labute approximate surface area is 126 Å². The van der Waals surface area contributed by atoms with Gasteiger partial charge in [0.15, 0.2) is 11.6 Å². The summed E-state index contributed by atoms with van der Waals surface area (Å²) < 4.78 is 26.4. The van der Waals surface area contributed by atoms with E-state index in [0.717, 1.165) is 31.7 Å². The second-order valence-electron chi connectivity index (χ2n) is 3.90. The molecule has 1 aromatic carbocycles.